The summed E-state index contributed by atoms with van der Waals surface area (Å²) in [6, 6.07) is 9.85. The third-order valence-corrected chi connectivity index (χ3v) is 14.0. The molecule has 0 amide bonds. The number of nitrogens with one attached hydrogen (secondary N) is 1. The van der Waals surface area contributed by atoms with Crippen LogP contribution in [0, 0.1) is 0 Å². The number of aromatic nitrogens is 1. The number of pyridine rings is 1. The van der Waals surface area contributed by atoms with Gasteiger partial charge in [0.05, 0.1) is 11.0 Å². The van der Waals surface area contributed by atoms with Crippen LogP contribution in [-0.4, -0.2) is 29.9 Å². The van der Waals surface area contributed by atoms with Gasteiger partial charge >= 0.3 is 0 Å². The van der Waals surface area contributed by atoms with Crippen LogP contribution in [0.15, 0.2) is 41.3 Å². The van der Waals surface area contributed by atoms with E-state index < -0.39 is 13.7 Å². The van der Waals surface area contributed by atoms with Crippen molar-refractivity contribution in [2.45, 2.75) is 87.5 Å². The monoisotopic (exact) mass is 567 g/mol. The second-order valence-electron chi connectivity index (χ2n) is 10.3. The van der Waals surface area contributed by atoms with Gasteiger partial charge in [0.25, 0.3) is 0 Å². The largest absolute Gasteiger partial charge is 0.473 e. The summed E-state index contributed by atoms with van der Waals surface area (Å²) < 4.78 is 13.6. The van der Waals surface area contributed by atoms with Crippen LogP contribution in [0.4, 0.5) is 0 Å². The molecule has 176 valence electrons. The maximum atomic E-state index is 13.8. The van der Waals surface area contributed by atoms with Crippen molar-refractivity contribution >= 4 is 30.9 Å². The van der Waals surface area contributed by atoms with Crippen LogP contribution >= 0.6 is 22.6 Å². The zero-order valence-electron chi connectivity index (χ0n) is 20.7. The van der Waals surface area contributed by atoms with E-state index in [-0.39, 0.29) is 15.5 Å². The minimum atomic E-state index is -2.09. The van der Waals surface area contributed by atoms with Gasteiger partial charge in [-0.05, 0) is 36.0 Å². The van der Waals surface area contributed by atoms with E-state index in [2.05, 4.69) is 83.0 Å². The molecule has 0 saturated heterocycles. The van der Waals surface area contributed by atoms with Crippen molar-refractivity contribution in [3.05, 3.63) is 52.3 Å². The number of aromatic amines is 1. The first-order valence-electron chi connectivity index (χ1n) is 11.7. The van der Waals surface area contributed by atoms with Gasteiger partial charge in [0.1, 0.15) is 6.10 Å². The van der Waals surface area contributed by atoms with E-state index in [4.69, 9.17) is 9.16 Å². The number of rotatable bonds is 8. The van der Waals surface area contributed by atoms with Gasteiger partial charge in [-0.3, -0.25) is 4.79 Å². The fraction of sp³-hybridized carbons (Fsp3) is 0.577. The van der Waals surface area contributed by atoms with E-state index in [9.17, 15) is 4.79 Å². The number of halogens is 1. The van der Waals surface area contributed by atoms with Crippen molar-refractivity contribution < 1.29 is 9.16 Å². The van der Waals surface area contributed by atoms with E-state index in [1.807, 2.05) is 30.3 Å². The molecular formula is C26H38INO3Si. The number of H-pyrrole nitrogens is 1. The lowest BCUT2D eigenvalue weighted by molar-refractivity contribution is 0.103. The van der Waals surface area contributed by atoms with Crippen molar-refractivity contribution in [3.63, 3.8) is 0 Å². The van der Waals surface area contributed by atoms with Crippen molar-refractivity contribution in [1.29, 1.82) is 0 Å². The number of ether oxygens (including phenoxy) is 1. The van der Waals surface area contributed by atoms with Gasteiger partial charge in [0.2, 0.25) is 0 Å². The third-order valence-electron chi connectivity index (χ3n) is 7.32. The van der Waals surface area contributed by atoms with Gasteiger partial charge < -0.3 is 14.1 Å². The van der Waals surface area contributed by atoms with Gasteiger partial charge in [0, 0.05) is 22.3 Å². The van der Waals surface area contributed by atoms with E-state index in [0.717, 1.165) is 11.1 Å². The van der Waals surface area contributed by atoms with Gasteiger partial charge in [0.15, 0.2) is 19.6 Å². The molecule has 4 nitrogen and oxygen atoms in total. The molecular weight excluding hydrogens is 529 g/mol. The quantitative estimate of drug-likeness (QED) is 0.211. The summed E-state index contributed by atoms with van der Waals surface area (Å²) in [5, 5.41) is 0. The summed E-state index contributed by atoms with van der Waals surface area (Å²) in [5.74, 6) is 0.597. The molecule has 1 aliphatic heterocycles. The first-order chi connectivity index (χ1) is 15.0. The molecule has 2 aromatic rings. The fourth-order valence-electron chi connectivity index (χ4n) is 5.89. The summed E-state index contributed by atoms with van der Waals surface area (Å²) in [5.41, 5.74) is 3.30. The van der Waals surface area contributed by atoms with Crippen LogP contribution in [-0.2, 0) is 9.84 Å². The van der Waals surface area contributed by atoms with Crippen molar-refractivity contribution in [3.8, 4) is 17.0 Å². The van der Waals surface area contributed by atoms with Gasteiger partial charge in [-0.1, -0.05) is 94.5 Å². The molecule has 2 heterocycles. The highest BCUT2D eigenvalue weighted by molar-refractivity contribution is 14.1. The number of fused-ring (bicyclic) bond motifs is 1. The minimum absolute atomic E-state index is 0.0431. The van der Waals surface area contributed by atoms with Crippen LogP contribution in [0.25, 0.3) is 11.1 Å². The smallest absolute Gasteiger partial charge is 0.200 e. The van der Waals surface area contributed by atoms with Crippen molar-refractivity contribution in [2.24, 2.45) is 0 Å². The second kappa shape index (κ2) is 9.62. The van der Waals surface area contributed by atoms with Crippen LogP contribution in [0.2, 0.25) is 16.6 Å². The number of hydrogen-bond acceptors (Lipinski definition) is 3. The Morgan fingerprint density at radius 1 is 1.06 bits per heavy atom. The van der Waals surface area contributed by atoms with Crippen molar-refractivity contribution in [1.82, 2.24) is 4.98 Å². The van der Waals surface area contributed by atoms with E-state index in [1.54, 1.807) is 6.20 Å². The molecule has 3 rings (SSSR count). The Labute approximate surface area is 207 Å². The lowest BCUT2D eigenvalue weighted by atomic mass is 9.78. The Morgan fingerprint density at radius 3 is 2.12 bits per heavy atom. The summed E-state index contributed by atoms with van der Waals surface area (Å²) in [7, 11) is -2.09. The lowest BCUT2D eigenvalue weighted by Crippen LogP contribution is -2.53. The molecule has 0 aliphatic carbocycles. The molecule has 1 aromatic carbocycles. The first kappa shape index (κ1) is 25.5. The number of alkyl halides is 1. The SMILES string of the molecule is CC(C)[Si](OC[C@]1(C)c2c([nH]cc(-c3ccccc3)c2=O)O[C@H]1[C@H](C)I)(C(C)C)C(C)C. The maximum Gasteiger partial charge on any atom is 0.200 e. The molecule has 3 atom stereocenters. The lowest BCUT2D eigenvalue weighted by Gasteiger charge is -2.45. The molecule has 1 aliphatic rings. The van der Waals surface area contributed by atoms with E-state index in [0.29, 0.717) is 34.7 Å². The zero-order chi connectivity index (χ0) is 23.8. The van der Waals surface area contributed by atoms with E-state index >= 15 is 0 Å². The standard InChI is InChI=1S/C26H38INO3Si/c1-16(2)32(17(3)4,18(5)6)30-15-26(8)22-23(29)21(20-12-10-9-11-13-20)14-28-25(22)31-24(26)19(7)27/h9-14,16-19,24H,15H2,1-8H3,(H,28,29)/t19-,24-,26+/m0/s1. The molecule has 32 heavy (non-hydrogen) atoms. The summed E-state index contributed by atoms with van der Waals surface area (Å²) in [6.07, 6.45) is 1.65. The fourth-order valence-corrected chi connectivity index (χ4v) is 12.4. The molecule has 6 heteroatoms. The maximum absolute atomic E-state index is 13.8. The zero-order valence-corrected chi connectivity index (χ0v) is 23.8. The normalized spacial score (nSPS) is 21.8. The third kappa shape index (κ3) is 4.23. The molecule has 1 N–H and O–H groups in total. The summed E-state index contributed by atoms with van der Waals surface area (Å²) >= 11 is 2.42. The molecule has 0 fully saturated rings. The Balaban J connectivity index is 2.11. The number of hydrogen-bond donors (Lipinski definition) is 1. The topological polar surface area (TPSA) is 51.3 Å². The van der Waals surface area contributed by atoms with Gasteiger partial charge in [-0.15, -0.1) is 0 Å². The van der Waals surface area contributed by atoms with Crippen molar-refractivity contribution in [2.75, 3.05) is 6.61 Å². The summed E-state index contributed by atoms with van der Waals surface area (Å²) in [4.78, 5) is 17.1. The average molecular weight is 568 g/mol. The predicted octanol–water partition coefficient (Wildman–Crippen LogP) is 7.08. The molecule has 0 radical (unpaired) electrons. The molecule has 1 aromatic heterocycles. The van der Waals surface area contributed by atoms with Crippen LogP contribution < -0.4 is 10.2 Å². The van der Waals surface area contributed by atoms with Crippen LogP contribution in [0.3, 0.4) is 0 Å². The first-order valence-corrected chi connectivity index (χ1v) is 15.1. The second-order valence-corrected chi connectivity index (χ2v) is 17.8. The van der Waals surface area contributed by atoms with Gasteiger partial charge in [-0.25, -0.2) is 0 Å². The Kier molecular flexibility index (Phi) is 7.67. The average Bonchev–Trinajstić information content (AvgIpc) is 3.02. The molecule has 0 saturated carbocycles. The minimum Gasteiger partial charge on any atom is -0.473 e. The molecule has 0 spiro atoms. The molecule has 0 bridgehead atoms. The Bertz CT molecular complexity index is 965. The van der Waals surface area contributed by atoms with Gasteiger partial charge in [-0.2, -0.15) is 0 Å². The summed E-state index contributed by atoms with van der Waals surface area (Å²) in [6.45, 7) is 18.6. The Morgan fingerprint density at radius 2 is 1.62 bits per heavy atom. The molecule has 0 unspecified atom stereocenters. The predicted molar refractivity (Wildman–Crippen MR) is 145 cm³/mol. The van der Waals surface area contributed by atoms with Crippen LogP contribution in [0.5, 0.6) is 5.88 Å². The van der Waals surface area contributed by atoms with E-state index in [1.165, 1.54) is 0 Å². The Hall–Kier alpha value is -1.12. The number of benzene rings is 1. The highest BCUT2D eigenvalue weighted by Gasteiger charge is 2.53. The van der Waals surface area contributed by atoms with Crippen LogP contribution in [0.1, 0.15) is 61.0 Å². The highest BCUT2D eigenvalue weighted by atomic mass is 127. The highest BCUT2D eigenvalue weighted by Crippen LogP contribution is 2.47.